The van der Waals surface area contributed by atoms with Crippen LogP contribution < -0.4 is 47.6 Å². The molecule has 1 aromatic rings. The van der Waals surface area contributed by atoms with Crippen molar-refractivity contribution in [2.45, 2.75) is 111 Å². The minimum Gasteiger partial charge on any atom is -1.00 e. The fraction of sp³-hybridized carbons (Fsp3) is 0.630. The molecule has 0 heterocycles. The van der Waals surface area contributed by atoms with E-state index < -0.39 is 16.1 Å². The first-order valence-electron chi connectivity index (χ1n) is 11.9. The first-order chi connectivity index (χ1) is 13.7. The Labute approximate surface area is 237 Å². The normalized spacial score (nSPS) is 22.1. The Morgan fingerprint density at radius 1 is 0.788 bits per heavy atom. The Balaban J connectivity index is 0. The van der Waals surface area contributed by atoms with Crippen LogP contribution >= 0.6 is 0 Å². The zero-order valence-corrected chi connectivity index (χ0v) is 28.8. The van der Waals surface area contributed by atoms with E-state index in [2.05, 4.69) is 121 Å². The van der Waals surface area contributed by atoms with Crippen molar-refractivity contribution in [1.82, 2.24) is 0 Å². The molecule has 6 heteroatoms. The molecule has 0 aromatic heterocycles. The SMILES string of the molecule is CCC(C)[Si](c1cc(C)cc([Si](C)(C)C)c1)(C(C)CC)C1(C)C(C)=C(C)C(C)=[C]1[Ti+3].[Cl-].[Cl-].[Cl-]. The fourth-order valence-corrected chi connectivity index (χ4v) is 17.5. The number of hydrogen-bond donors (Lipinski definition) is 0. The van der Waals surface area contributed by atoms with Gasteiger partial charge in [0.15, 0.2) is 0 Å². The van der Waals surface area contributed by atoms with Crippen molar-refractivity contribution in [3.05, 3.63) is 44.4 Å². The van der Waals surface area contributed by atoms with Crippen LogP contribution in [0.5, 0.6) is 0 Å². The van der Waals surface area contributed by atoms with Gasteiger partial charge in [-0.2, -0.15) is 0 Å². The van der Waals surface area contributed by atoms with Gasteiger partial charge in [-0.05, 0) is 0 Å². The first kappa shape index (κ1) is 35.9. The van der Waals surface area contributed by atoms with Gasteiger partial charge in [0.2, 0.25) is 0 Å². The molecule has 0 fully saturated rings. The second kappa shape index (κ2) is 12.8. The molecular weight excluding hydrogens is 535 g/mol. The van der Waals surface area contributed by atoms with Crippen LogP contribution in [0, 0.1) is 6.92 Å². The van der Waals surface area contributed by atoms with Gasteiger partial charge in [0.1, 0.15) is 0 Å². The molecular formula is C27H45Cl3Si2Ti. The van der Waals surface area contributed by atoms with Crippen molar-refractivity contribution in [2.24, 2.45) is 0 Å². The molecule has 186 valence electrons. The summed E-state index contributed by atoms with van der Waals surface area (Å²) in [6, 6.07) is 7.78. The molecule has 1 aliphatic rings. The average molecular weight is 580 g/mol. The maximum Gasteiger partial charge on any atom is -1.00 e. The number of halogens is 3. The Morgan fingerprint density at radius 3 is 1.55 bits per heavy atom. The topological polar surface area (TPSA) is 0 Å². The van der Waals surface area contributed by atoms with Crippen molar-refractivity contribution in [3.63, 3.8) is 0 Å². The summed E-state index contributed by atoms with van der Waals surface area (Å²) in [5.41, 5.74) is 7.69. The predicted molar refractivity (Wildman–Crippen MR) is 138 cm³/mol. The maximum absolute atomic E-state index is 2.69. The number of benzene rings is 1. The molecule has 0 amide bonds. The second-order valence-electron chi connectivity index (χ2n) is 11.2. The van der Waals surface area contributed by atoms with Gasteiger partial charge in [-0.15, -0.1) is 0 Å². The van der Waals surface area contributed by atoms with Gasteiger partial charge in [0, 0.05) is 0 Å². The van der Waals surface area contributed by atoms with E-state index in [9.17, 15) is 0 Å². The van der Waals surface area contributed by atoms with Gasteiger partial charge in [0.05, 0.1) is 0 Å². The van der Waals surface area contributed by atoms with Gasteiger partial charge in [-0.25, -0.2) is 0 Å². The summed E-state index contributed by atoms with van der Waals surface area (Å²) in [7, 11) is -3.41. The van der Waals surface area contributed by atoms with Gasteiger partial charge in [-0.1, -0.05) is 0 Å². The van der Waals surface area contributed by atoms with Crippen molar-refractivity contribution in [1.29, 1.82) is 0 Å². The third kappa shape index (κ3) is 5.68. The zero-order chi connectivity index (χ0) is 23.2. The molecule has 33 heavy (non-hydrogen) atoms. The fourth-order valence-electron chi connectivity index (χ4n) is 6.35. The number of hydrogen-bond acceptors (Lipinski definition) is 0. The molecule has 0 nitrogen and oxygen atoms in total. The van der Waals surface area contributed by atoms with Crippen LogP contribution in [0.1, 0.15) is 73.8 Å². The second-order valence-corrected chi connectivity index (χ2v) is 22.3. The van der Waals surface area contributed by atoms with Gasteiger partial charge in [-0.3, -0.25) is 0 Å². The third-order valence-corrected chi connectivity index (χ3v) is 20.0. The number of aryl methyl sites for hydroxylation is 1. The van der Waals surface area contributed by atoms with Crippen molar-refractivity contribution in [2.75, 3.05) is 0 Å². The largest absolute Gasteiger partial charge is 1.00 e. The Hall–Kier alpha value is 0.718. The van der Waals surface area contributed by atoms with E-state index in [0.29, 0.717) is 0 Å². The molecule has 0 N–H and O–H groups in total. The standard InChI is InChI=1S/C27H45Si2.3ClH.Ti/c1-13-21(5)29(22(6)14-2,27(9)18-20(4)23(7)24(27)8)26-16-19(3)15-25(17-26)28(10,11)12;;;;/h15-17,21-22H,13-14H2,1-12H3;3*1H;/q;;;;+3/p-3. The van der Waals surface area contributed by atoms with Gasteiger partial charge < -0.3 is 37.2 Å². The predicted octanol–water partition coefficient (Wildman–Crippen LogP) is -1.26. The van der Waals surface area contributed by atoms with E-state index in [1.807, 2.05) is 0 Å². The van der Waals surface area contributed by atoms with E-state index in [-0.39, 0.29) is 42.3 Å². The number of rotatable bonds is 7. The van der Waals surface area contributed by atoms with Crippen LogP contribution in [0.3, 0.4) is 0 Å². The smallest absolute Gasteiger partial charge is 1.00 e. The van der Waals surface area contributed by atoms with E-state index in [0.717, 1.165) is 11.1 Å². The molecule has 0 saturated carbocycles. The van der Waals surface area contributed by atoms with E-state index in [4.69, 9.17) is 0 Å². The Bertz CT molecular complexity index is 850. The van der Waals surface area contributed by atoms with Crippen LogP contribution in [-0.4, -0.2) is 16.1 Å². The van der Waals surface area contributed by atoms with Crippen LogP contribution in [0.2, 0.25) is 35.8 Å². The van der Waals surface area contributed by atoms with E-state index in [1.54, 1.807) is 31.0 Å². The van der Waals surface area contributed by atoms with Crippen molar-refractivity contribution in [3.8, 4) is 0 Å². The zero-order valence-electron chi connectivity index (χ0n) is 22.9. The summed E-state index contributed by atoms with van der Waals surface area (Å²) >= 11 is 2.46. The molecule has 0 spiro atoms. The minimum atomic E-state index is -2.01. The molecule has 1 aromatic carbocycles. The summed E-state index contributed by atoms with van der Waals surface area (Å²) in [5, 5.41) is 3.56. The Kier molecular flexibility index (Phi) is 13.9. The summed E-state index contributed by atoms with van der Waals surface area (Å²) in [5.74, 6) is 0. The van der Waals surface area contributed by atoms with Crippen LogP contribution in [-0.2, 0) is 20.4 Å². The third-order valence-electron chi connectivity index (χ3n) is 8.78. The maximum atomic E-state index is 2.69. The molecule has 1 aliphatic carbocycles. The molecule has 0 bridgehead atoms. The van der Waals surface area contributed by atoms with Crippen molar-refractivity contribution >= 4 is 26.5 Å². The average Bonchev–Trinajstić information content (AvgIpc) is 2.83. The van der Waals surface area contributed by atoms with Crippen LogP contribution in [0.25, 0.3) is 0 Å². The number of allylic oxidation sites excluding steroid dienone is 4. The molecule has 0 aliphatic heterocycles. The summed E-state index contributed by atoms with van der Waals surface area (Å²) in [6.45, 7) is 29.7. The van der Waals surface area contributed by atoms with Crippen molar-refractivity contribution < 1.29 is 57.7 Å². The summed E-state index contributed by atoms with van der Waals surface area (Å²) < 4.78 is 1.65. The van der Waals surface area contributed by atoms with Crippen LogP contribution in [0.4, 0.5) is 0 Å². The molecule has 3 atom stereocenters. The minimum absolute atomic E-state index is 0. The monoisotopic (exact) mass is 578 g/mol. The van der Waals surface area contributed by atoms with Gasteiger partial charge in [0.25, 0.3) is 0 Å². The molecule has 0 saturated heterocycles. The molecule has 0 radical (unpaired) electrons. The molecule has 2 rings (SSSR count). The van der Waals surface area contributed by atoms with E-state index in [1.165, 1.54) is 18.4 Å². The Morgan fingerprint density at radius 2 is 1.21 bits per heavy atom. The van der Waals surface area contributed by atoms with Crippen LogP contribution in [0.15, 0.2) is 38.8 Å². The summed E-state index contributed by atoms with van der Waals surface area (Å²) in [6.07, 6.45) is 2.53. The van der Waals surface area contributed by atoms with E-state index >= 15 is 0 Å². The molecule has 3 unspecified atom stereocenters. The summed E-state index contributed by atoms with van der Waals surface area (Å²) in [4.78, 5) is 0. The van der Waals surface area contributed by atoms with Gasteiger partial charge >= 0.3 is 202 Å². The quantitative estimate of drug-likeness (QED) is 0.354. The first-order valence-corrected chi connectivity index (χ1v) is 18.4.